The van der Waals surface area contributed by atoms with Gasteiger partial charge in [0, 0.05) is 11.6 Å². The molecule has 1 amide bonds. The van der Waals surface area contributed by atoms with Crippen molar-refractivity contribution in [2.24, 2.45) is 0 Å². The van der Waals surface area contributed by atoms with Crippen LogP contribution in [-0.4, -0.2) is 39.1 Å². The van der Waals surface area contributed by atoms with E-state index in [0.717, 1.165) is 25.3 Å². The largest absolute Gasteiger partial charge is 0.376 e. The van der Waals surface area contributed by atoms with E-state index in [1.807, 2.05) is 11.5 Å². The average molecular weight is 401 g/mol. The molecule has 1 atom stereocenters. The van der Waals surface area contributed by atoms with Crippen LogP contribution in [0.2, 0.25) is 10.0 Å². The molecule has 134 valence electrons. The molecule has 2 aromatic rings. The van der Waals surface area contributed by atoms with Gasteiger partial charge in [0.2, 0.25) is 5.91 Å². The Balaban J connectivity index is 1.59. The maximum absolute atomic E-state index is 12.2. The minimum Gasteiger partial charge on any atom is -0.376 e. The lowest BCUT2D eigenvalue weighted by molar-refractivity contribution is -0.113. The molecule has 1 aliphatic rings. The predicted octanol–water partition coefficient (Wildman–Crippen LogP) is 3.80. The second-order valence-corrected chi connectivity index (χ2v) is 7.52. The molecular weight excluding hydrogens is 383 g/mol. The van der Waals surface area contributed by atoms with Crippen LogP contribution in [0.1, 0.15) is 18.7 Å². The van der Waals surface area contributed by atoms with E-state index in [1.54, 1.807) is 18.2 Å². The first-order chi connectivity index (χ1) is 12.0. The fourth-order valence-corrected chi connectivity index (χ4v) is 3.71. The number of aryl methyl sites for hydroxylation is 1. The Kier molecular flexibility index (Phi) is 6.22. The number of amides is 1. The number of carbonyl (C=O) groups is 1. The molecule has 1 aromatic heterocycles. The van der Waals surface area contributed by atoms with E-state index in [4.69, 9.17) is 27.9 Å². The standard InChI is InChI=1S/C16H18Cl2N4O2S/c1-10-20-21-16(22(10)8-12-3-2-6-24-12)25-9-15(23)19-14-7-11(17)4-5-13(14)18/h4-5,7,12H,2-3,6,8-9H2,1H3,(H,19,23)/t12-/m0/s1. The van der Waals surface area contributed by atoms with Crippen LogP contribution >= 0.6 is 35.0 Å². The summed E-state index contributed by atoms with van der Waals surface area (Å²) in [5.41, 5.74) is 0.497. The number of hydrogen-bond donors (Lipinski definition) is 1. The van der Waals surface area contributed by atoms with Gasteiger partial charge in [-0.25, -0.2) is 0 Å². The monoisotopic (exact) mass is 400 g/mol. The Morgan fingerprint density at radius 1 is 1.44 bits per heavy atom. The van der Waals surface area contributed by atoms with E-state index >= 15 is 0 Å². The first-order valence-corrected chi connectivity index (χ1v) is 9.66. The fourth-order valence-electron chi connectivity index (χ4n) is 2.58. The van der Waals surface area contributed by atoms with Crippen molar-refractivity contribution in [2.45, 2.75) is 37.6 Å². The molecule has 1 aromatic carbocycles. The van der Waals surface area contributed by atoms with Crippen molar-refractivity contribution in [3.63, 3.8) is 0 Å². The molecule has 0 radical (unpaired) electrons. The molecule has 0 unspecified atom stereocenters. The molecule has 1 N–H and O–H groups in total. The van der Waals surface area contributed by atoms with Crippen LogP contribution in [0.25, 0.3) is 0 Å². The van der Waals surface area contributed by atoms with Gasteiger partial charge in [0.1, 0.15) is 5.82 Å². The Morgan fingerprint density at radius 2 is 2.28 bits per heavy atom. The van der Waals surface area contributed by atoms with Gasteiger partial charge in [0.25, 0.3) is 0 Å². The summed E-state index contributed by atoms with van der Waals surface area (Å²) in [6.45, 7) is 3.41. The molecule has 0 aliphatic carbocycles. The van der Waals surface area contributed by atoms with Gasteiger partial charge >= 0.3 is 0 Å². The summed E-state index contributed by atoms with van der Waals surface area (Å²) in [5.74, 6) is 0.835. The van der Waals surface area contributed by atoms with Crippen molar-refractivity contribution >= 4 is 46.6 Å². The van der Waals surface area contributed by atoms with Gasteiger partial charge in [-0.3, -0.25) is 4.79 Å². The molecule has 25 heavy (non-hydrogen) atoms. The number of rotatable bonds is 6. The van der Waals surface area contributed by atoms with Crippen LogP contribution in [0.3, 0.4) is 0 Å². The van der Waals surface area contributed by atoms with E-state index in [0.29, 0.717) is 27.4 Å². The molecule has 0 saturated carbocycles. The number of carbonyl (C=O) groups excluding carboxylic acids is 1. The number of thioether (sulfide) groups is 1. The first kappa shape index (κ1) is 18.5. The van der Waals surface area contributed by atoms with E-state index < -0.39 is 0 Å². The lowest BCUT2D eigenvalue weighted by Gasteiger charge is -2.13. The zero-order chi connectivity index (χ0) is 17.8. The summed E-state index contributed by atoms with van der Waals surface area (Å²) in [7, 11) is 0. The van der Waals surface area contributed by atoms with E-state index in [-0.39, 0.29) is 17.8 Å². The summed E-state index contributed by atoms with van der Waals surface area (Å²) in [6, 6.07) is 4.94. The quantitative estimate of drug-likeness (QED) is 0.746. The van der Waals surface area contributed by atoms with Crippen molar-refractivity contribution in [1.82, 2.24) is 14.8 Å². The Hall–Kier alpha value is -1.28. The highest BCUT2D eigenvalue weighted by atomic mass is 35.5. The van der Waals surface area contributed by atoms with Gasteiger partial charge in [0.15, 0.2) is 5.16 Å². The van der Waals surface area contributed by atoms with Crippen LogP contribution in [0.5, 0.6) is 0 Å². The number of hydrogen-bond acceptors (Lipinski definition) is 5. The second-order valence-electron chi connectivity index (χ2n) is 5.74. The van der Waals surface area contributed by atoms with Crippen molar-refractivity contribution in [3.05, 3.63) is 34.1 Å². The molecule has 1 saturated heterocycles. The number of halogens is 2. The number of anilines is 1. The third-order valence-corrected chi connectivity index (χ3v) is 5.38. The molecule has 0 spiro atoms. The van der Waals surface area contributed by atoms with Crippen molar-refractivity contribution < 1.29 is 9.53 Å². The van der Waals surface area contributed by atoms with Gasteiger partial charge in [-0.15, -0.1) is 10.2 Å². The van der Waals surface area contributed by atoms with Crippen molar-refractivity contribution in [3.8, 4) is 0 Å². The Labute approximate surface area is 160 Å². The van der Waals surface area contributed by atoms with Gasteiger partial charge < -0.3 is 14.6 Å². The zero-order valence-electron chi connectivity index (χ0n) is 13.7. The third kappa shape index (κ3) is 4.88. The van der Waals surface area contributed by atoms with Crippen LogP contribution in [-0.2, 0) is 16.1 Å². The normalized spacial score (nSPS) is 17.0. The average Bonchev–Trinajstić information content (AvgIpc) is 3.21. The molecule has 9 heteroatoms. The maximum atomic E-state index is 12.2. The number of nitrogens with zero attached hydrogens (tertiary/aromatic N) is 3. The smallest absolute Gasteiger partial charge is 0.234 e. The molecule has 0 bridgehead atoms. The summed E-state index contributed by atoms with van der Waals surface area (Å²) >= 11 is 13.3. The van der Waals surface area contributed by atoms with E-state index in [9.17, 15) is 4.79 Å². The maximum Gasteiger partial charge on any atom is 0.234 e. The summed E-state index contributed by atoms with van der Waals surface area (Å²) in [4.78, 5) is 12.2. The van der Waals surface area contributed by atoms with E-state index in [2.05, 4.69) is 15.5 Å². The minimum atomic E-state index is -0.182. The second kappa shape index (κ2) is 8.40. The van der Waals surface area contributed by atoms with Crippen LogP contribution < -0.4 is 5.32 Å². The molecule has 3 rings (SSSR count). The highest BCUT2D eigenvalue weighted by Crippen LogP contribution is 2.26. The predicted molar refractivity (Wildman–Crippen MR) is 99.5 cm³/mol. The van der Waals surface area contributed by atoms with Gasteiger partial charge in [-0.1, -0.05) is 35.0 Å². The highest BCUT2D eigenvalue weighted by molar-refractivity contribution is 7.99. The van der Waals surface area contributed by atoms with Crippen LogP contribution in [0.4, 0.5) is 5.69 Å². The summed E-state index contributed by atoms with van der Waals surface area (Å²) in [6.07, 6.45) is 2.31. The van der Waals surface area contributed by atoms with Gasteiger partial charge in [-0.05, 0) is 38.0 Å². The van der Waals surface area contributed by atoms with E-state index in [1.165, 1.54) is 11.8 Å². The van der Waals surface area contributed by atoms with Gasteiger partial charge in [0.05, 0.1) is 29.1 Å². The van der Waals surface area contributed by atoms with Gasteiger partial charge in [-0.2, -0.15) is 0 Å². The topological polar surface area (TPSA) is 69.0 Å². The van der Waals surface area contributed by atoms with Crippen molar-refractivity contribution in [1.29, 1.82) is 0 Å². The number of aromatic nitrogens is 3. The third-order valence-electron chi connectivity index (χ3n) is 3.85. The van der Waals surface area contributed by atoms with Crippen LogP contribution in [0.15, 0.2) is 23.4 Å². The first-order valence-electron chi connectivity index (χ1n) is 7.92. The van der Waals surface area contributed by atoms with Crippen molar-refractivity contribution in [2.75, 3.05) is 17.7 Å². The SMILES string of the molecule is Cc1nnc(SCC(=O)Nc2cc(Cl)ccc2Cl)n1C[C@@H]1CCCO1. The Morgan fingerprint density at radius 3 is 3.04 bits per heavy atom. The molecule has 1 aliphatic heterocycles. The highest BCUT2D eigenvalue weighted by Gasteiger charge is 2.20. The summed E-state index contributed by atoms with van der Waals surface area (Å²) in [5, 5.41) is 12.7. The fraction of sp³-hybridized carbons (Fsp3) is 0.438. The minimum absolute atomic E-state index is 0.182. The molecule has 2 heterocycles. The van der Waals surface area contributed by atoms with Crippen LogP contribution in [0, 0.1) is 6.92 Å². The zero-order valence-corrected chi connectivity index (χ0v) is 16.0. The lowest BCUT2D eigenvalue weighted by atomic mass is 10.2. The summed E-state index contributed by atoms with van der Waals surface area (Å²) < 4.78 is 7.67. The Bertz CT molecular complexity index is 763. The number of ether oxygens (including phenoxy) is 1. The lowest BCUT2D eigenvalue weighted by Crippen LogP contribution is -2.18. The molecule has 6 nitrogen and oxygen atoms in total. The number of benzene rings is 1. The molecule has 1 fully saturated rings. The molecular formula is C16H18Cl2N4O2S. The number of nitrogens with one attached hydrogen (secondary N) is 1.